The van der Waals surface area contributed by atoms with Gasteiger partial charge in [-0.25, -0.2) is 0 Å². The van der Waals surface area contributed by atoms with Gasteiger partial charge in [0.15, 0.2) is 0 Å². The maximum Gasteiger partial charge on any atom is 0.101 e. The zero-order chi connectivity index (χ0) is 12.1. The maximum atomic E-state index is 10.3. The Balaban J connectivity index is 1.72. The van der Waals surface area contributed by atoms with Gasteiger partial charge in [0.2, 0.25) is 0 Å². The Bertz CT molecular complexity index is 320. The lowest BCUT2D eigenvalue weighted by molar-refractivity contribution is 0.00272. The molecule has 1 heterocycles. The van der Waals surface area contributed by atoms with Crippen LogP contribution in [0.25, 0.3) is 0 Å². The van der Waals surface area contributed by atoms with Gasteiger partial charge in [0.25, 0.3) is 0 Å². The molecule has 1 atom stereocenters. The fraction of sp³-hybridized carbons (Fsp3) is 0.692. The van der Waals surface area contributed by atoms with Crippen molar-refractivity contribution in [2.75, 3.05) is 13.1 Å². The SMILES string of the molecule is OC(CNCC1(O)CCCCC1)c1cccs1. The molecule has 0 aliphatic heterocycles. The Morgan fingerprint density at radius 3 is 2.76 bits per heavy atom. The van der Waals surface area contributed by atoms with Crippen LogP contribution in [0.5, 0.6) is 0 Å². The number of rotatable bonds is 5. The summed E-state index contributed by atoms with van der Waals surface area (Å²) in [6, 6.07) is 3.88. The molecule has 17 heavy (non-hydrogen) atoms. The first kappa shape index (κ1) is 13.0. The lowest BCUT2D eigenvalue weighted by atomic mass is 9.85. The lowest BCUT2D eigenvalue weighted by Gasteiger charge is -2.32. The second kappa shape index (κ2) is 5.96. The average molecular weight is 255 g/mol. The van der Waals surface area contributed by atoms with Crippen LogP contribution in [-0.4, -0.2) is 28.9 Å². The van der Waals surface area contributed by atoms with Crippen LogP contribution in [0.2, 0.25) is 0 Å². The molecule has 0 aromatic carbocycles. The van der Waals surface area contributed by atoms with Crippen molar-refractivity contribution >= 4 is 11.3 Å². The van der Waals surface area contributed by atoms with Crippen molar-refractivity contribution in [3.8, 4) is 0 Å². The molecular formula is C13H21NO2S. The highest BCUT2D eigenvalue weighted by Gasteiger charge is 2.28. The third kappa shape index (κ3) is 3.78. The van der Waals surface area contributed by atoms with Crippen molar-refractivity contribution in [1.82, 2.24) is 5.32 Å². The fourth-order valence-electron chi connectivity index (χ4n) is 2.41. The Labute approximate surface area is 106 Å². The number of aliphatic hydroxyl groups is 2. The minimum Gasteiger partial charge on any atom is -0.389 e. The van der Waals surface area contributed by atoms with E-state index in [1.165, 1.54) is 6.42 Å². The molecule has 1 fully saturated rings. The topological polar surface area (TPSA) is 52.5 Å². The van der Waals surface area contributed by atoms with Crippen molar-refractivity contribution in [2.24, 2.45) is 0 Å². The fourth-order valence-corrected chi connectivity index (χ4v) is 3.12. The summed E-state index contributed by atoms with van der Waals surface area (Å²) in [6.45, 7) is 1.11. The van der Waals surface area contributed by atoms with E-state index in [9.17, 15) is 10.2 Å². The first-order valence-electron chi connectivity index (χ1n) is 6.34. The van der Waals surface area contributed by atoms with Crippen LogP contribution >= 0.6 is 11.3 Å². The Kier molecular flexibility index (Phi) is 4.56. The van der Waals surface area contributed by atoms with E-state index in [-0.39, 0.29) is 0 Å². The summed E-state index contributed by atoms with van der Waals surface area (Å²) >= 11 is 1.56. The van der Waals surface area contributed by atoms with Gasteiger partial charge in [0, 0.05) is 18.0 Å². The highest BCUT2D eigenvalue weighted by molar-refractivity contribution is 7.10. The van der Waals surface area contributed by atoms with Crippen molar-refractivity contribution in [3.05, 3.63) is 22.4 Å². The Hall–Kier alpha value is -0.420. The van der Waals surface area contributed by atoms with E-state index in [1.54, 1.807) is 11.3 Å². The zero-order valence-electron chi connectivity index (χ0n) is 10.1. The normalized spacial score (nSPS) is 21.3. The van der Waals surface area contributed by atoms with Crippen LogP contribution in [0.3, 0.4) is 0 Å². The van der Waals surface area contributed by atoms with Gasteiger partial charge in [-0.2, -0.15) is 0 Å². The van der Waals surface area contributed by atoms with Gasteiger partial charge in [-0.3, -0.25) is 0 Å². The van der Waals surface area contributed by atoms with E-state index in [1.807, 2.05) is 17.5 Å². The molecule has 1 aromatic rings. The van der Waals surface area contributed by atoms with Gasteiger partial charge in [-0.05, 0) is 24.3 Å². The minimum absolute atomic E-state index is 0.456. The summed E-state index contributed by atoms with van der Waals surface area (Å²) in [5.74, 6) is 0. The molecule has 4 heteroatoms. The smallest absolute Gasteiger partial charge is 0.101 e. The first-order chi connectivity index (χ1) is 8.20. The molecule has 1 unspecified atom stereocenters. The number of nitrogens with one attached hydrogen (secondary N) is 1. The minimum atomic E-state index is -0.548. The van der Waals surface area contributed by atoms with E-state index in [2.05, 4.69) is 5.32 Å². The summed E-state index contributed by atoms with van der Waals surface area (Å²) in [6.07, 6.45) is 4.78. The monoisotopic (exact) mass is 255 g/mol. The summed E-state index contributed by atoms with van der Waals surface area (Å²) in [7, 11) is 0. The summed E-state index contributed by atoms with van der Waals surface area (Å²) < 4.78 is 0. The zero-order valence-corrected chi connectivity index (χ0v) is 10.9. The first-order valence-corrected chi connectivity index (χ1v) is 7.22. The second-order valence-electron chi connectivity index (χ2n) is 4.95. The van der Waals surface area contributed by atoms with Crippen LogP contribution < -0.4 is 5.32 Å². The van der Waals surface area contributed by atoms with Crippen LogP contribution in [0.15, 0.2) is 17.5 Å². The van der Waals surface area contributed by atoms with Gasteiger partial charge in [-0.15, -0.1) is 11.3 Å². The Morgan fingerprint density at radius 2 is 2.12 bits per heavy atom. The van der Waals surface area contributed by atoms with Crippen LogP contribution in [-0.2, 0) is 0 Å². The number of aliphatic hydroxyl groups excluding tert-OH is 1. The molecule has 3 nitrogen and oxygen atoms in total. The van der Waals surface area contributed by atoms with Gasteiger partial charge >= 0.3 is 0 Å². The molecule has 1 aliphatic carbocycles. The van der Waals surface area contributed by atoms with Crippen LogP contribution in [0, 0.1) is 0 Å². The predicted molar refractivity (Wildman–Crippen MR) is 70.2 cm³/mol. The molecule has 3 N–H and O–H groups in total. The Morgan fingerprint density at radius 1 is 1.35 bits per heavy atom. The van der Waals surface area contributed by atoms with Gasteiger partial charge in [0.05, 0.1) is 5.60 Å². The molecule has 1 aromatic heterocycles. The molecule has 0 radical (unpaired) electrons. The molecular weight excluding hydrogens is 234 g/mol. The molecule has 1 saturated carbocycles. The molecule has 0 spiro atoms. The third-order valence-electron chi connectivity index (χ3n) is 3.45. The standard InChI is InChI=1S/C13H21NO2S/c15-11(12-5-4-8-17-12)9-14-10-13(16)6-2-1-3-7-13/h4-5,8,11,14-16H,1-3,6-7,9-10H2. The molecule has 0 bridgehead atoms. The summed E-state index contributed by atoms with van der Waals surface area (Å²) in [5.41, 5.74) is -0.548. The van der Waals surface area contributed by atoms with Crippen molar-refractivity contribution in [2.45, 2.75) is 43.8 Å². The van der Waals surface area contributed by atoms with Crippen LogP contribution in [0.1, 0.15) is 43.1 Å². The van der Waals surface area contributed by atoms with Crippen molar-refractivity contribution in [3.63, 3.8) is 0 Å². The van der Waals surface area contributed by atoms with Gasteiger partial charge < -0.3 is 15.5 Å². The highest BCUT2D eigenvalue weighted by atomic mass is 32.1. The summed E-state index contributed by atoms with van der Waals surface area (Å²) in [4.78, 5) is 0.980. The van der Waals surface area contributed by atoms with Gasteiger partial charge in [0.1, 0.15) is 6.10 Å². The average Bonchev–Trinajstić information content (AvgIpc) is 2.83. The predicted octanol–water partition coefficient (Wildman–Crippen LogP) is 2.07. The number of thiophene rings is 1. The third-order valence-corrected chi connectivity index (χ3v) is 4.42. The highest BCUT2D eigenvalue weighted by Crippen LogP contribution is 2.27. The number of hydrogen-bond donors (Lipinski definition) is 3. The molecule has 0 amide bonds. The molecule has 96 valence electrons. The lowest BCUT2D eigenvalue weighted by Crippen LogP contribution is -2.43. The van der Waals surface area contributed by atoms with E-state index < -0.39 is 11.7 Å². The van der Waals surface area contributed by atoms with Gasteiger partial charge in [-0.1, -0.05) is 25.3 Å². The van der Waals surface area contributed by atoms with E-state index in [4.69, 9.17) is 0 Å². The van der Waals surface area contributed by atoms with E-state index in [0.29, 0.717) is 13.1 Å². The van der Waals surface area contributed by atoms with Crippen molar-refractivity contribution in [1.29, 1.82) is 0 Å². The van der Waals surface area contributed by atoms with E-state index in [0.717, 1.165) is 30.6 Å². The maximum absolute atomic E-state index is 10.3. The second-order valence-corrected chi connectivity index (χ2v) is 5.93. The van der Waals surface area contributed by atoms with Crippen molar-refractivity contribution < 1.29 is 10.2 Å². The van der Waals surface area contributed by atoms with Crippen LogP contribution in [0.4, 0.5) is 0 Å². The summed E-state index contributed by atoms with van der Waals surface area (Å²) in [5, 5.41) is 25.3. The molecule has 0 saturated heterocycles. The quantitative estimate of drug-likeness (QED) is 0.755. The molecule has 2 rings (SSSR count). The van der Waals surface area contributed by atoms with E-state index >= 15 is 0 Å². The largest absolute Gasteiger partial charge is 0.389 e. The molecule has 1 aliphatic rings. The number of hydrogen-bond acceptors (Lipinski definition) is 4.